The molecule has 0 radical (unpaired) electrons. The molecule has 4 aromatic rings. The van der Waals surface area contributed by atoms with Crippen LogP contribution in [0.3, 0.4) is 0 Å². The van der Waals surface area contributed by atoms with Crippen molar-refractivity contribution < 1.29 is 22.7 Å². The highest BCUT2D eigenvalue weighted by Gasteiger charge is 2.33. The minimum absolute atomic E-state index is 0.0817. The van der Waals surface area contributed by atoms with Crippen LogP contribution in [0.5, 0.6) is 0 Å². The number of carbonyl (C=O) groups is 1. The summed E-state index contributed by atoms with van der Waals surface area (Å²) < 4.78 is 46.6. The number of carbonyl (C=O) groups excluding carboxylic acids is 1. The van der Waals surface area contributed by atoms with Crippen LogP contribution in [0.2, 0.25) is 0 Å². The molecule has 8 nitrogen and oxygen atoms in total. The predicted octanol–water partition coefficient (Wildman–Crippen LogP) is 3.20. The molecule has 0 N–H and O–H groups in total. The summed E-state index contributed by atoms with van der Waals surface area (Å²) in [5.41, 5.74) is 1.15. The van der Waals surface area contributed by atoms with Gasteiger partial charge in [-0.25, -0.2) is 9.67 Å². The number of anilines is 1. The van der Waals surface area contributed by atoms with Crippen LogP contribution in [0.25, 0.3) is 11.3 Å². The molecule has 1 aliphatic rings. The van der Waals surface area contributed by atoms with Crippen LogP contribution in [0.15, 0.2) is 54.9 Å². The molecule has 1 aromatic carbocycles. The van der Waals surface area contributed by atoms with Crippen molar-refractivity contribution in [3.8, 4) is 5.69 Å². The number of ether oxygens (including phenoxy) is 1. The molecule has 1 saturated heterocycles. The topological polar surface area (TPSA) is 77.5 Å². The first-order valence-electron chi connectivity index (χ1n) is 10.3. The highest BCUT2D eigenvalue weighted by molar-refractivity contribution is 5.97. The largest absolute Gasteiger partial charge is 0.435 e. The van der Waals surface area contributed by atoms with E-state index in [2.05, 4.69) is 20.1 Å². The van der Waals surface area contributed by atoms with Crippen molar-refractivity contribution >= 4 is 17.2 Å². The maximum absolute atomic E-state index is 12.9. The Morgan fingerprint density at radius 2 is 1.82 bits per heavy atom. The molecule has 170 valence electrons. The third-order valence-corrected chi connectivity index (χ3v) is 5.40. The Bertz CT molecular complexity index is 1290. The van der Waals surface area contributed by atoms with E-state index in [0.29, 0.717) is 35.8 Å². The van der Waals surface area contributed by atoms with Gasteiger partial charge in [0, 0.05) is 37.0 Å². The van der Waals surface area contributed by atoms with Crippen LogP contribution < -0.4 is 4.90 Å². The number of hydrogen-bond acceptors (Lipinski definition) is 6. The summed E-state index contributed by atoms with van der Waals surface area (Å²) >= 11 is 0. The number of hydrogen-bond donors (Lipinski definition) is 0. The van der Waals surface area contributed by atoms with Gasteiger partial charge in [-0.1, -0.05) is 0 Å². The summed E-state index contributed by atoms with van der Waals surface area (Å²) in [5.74, 6) is 0.702. The van der Waals surface area contributed by atoms with E-state index in [9.17, 15) is 18.0 Å². The van der Waals surface area contributed by atoms with Crippen molar-refractivity contribution in [1.29, 1.82) is 0 Å². The quantitative estimate of drug-likeness (QED) is 0.430. The average molecular weight is 456 g/mol. The molecule has 11 heteroatoms. The van der Waals surface area contributed by atoms with Gasteiger partial charge in [-0.3, -0.25) is 4.79 Å². The molecule has 1 fully saturated rings. The Labute approximate surface area is 186 Å². The molecule has 3 aromatic heterocycles. The Morgan fingerprint density at radius 3 is 2.52 bits per heavy atom. The van der Waals surface area contributed by atoms with E-state index in [1.807, 2.05) is 6.07 Å². The number of halogens is 3. The summed E-state index contributed by atoms with van der Waals surface area (Å²) in [5, 5.41) is 7.88. The second-order valence-electron chi connectivity index (χ2n) is 7.60. The summed E-state index contributed by atoms with van der Waals surface area (Å²) in [6.45, 7) is 2.67. The monoisotopic (exact) mass is 456 g/mol. The molecule has 0 aliphatic carbocycles. The number of aromatic nitrogens is 5. The number of rotatable bonds is 5. The van der Waals surface area contributed by atoms with E-state index in [1.54, 1.807) is 41.0 Å². The molecule has 0 bridgehead atoms. The lowest BCUT2D eigenvalue weighted by molar-refractivity contribution is -0.141. The maximum Gasteiger partial charge on any atom is 0.435 e. The van der Waals surface area contributed by atoms with Gasteiger partial charge < -0.3 is 9.64 Å². The van der Waals surface area contributed by atoms with Gasteiger partial charge in [0.15, 0.2) is 17.1 Å². The Kier molecular flexibility index (Phi) is 5.33. The third kappa shape index (κ3) is 4.31. The van der Waals surface area contributed by atoms with Gasteiger partial charge in [-0.15, -0.1) is 0 Å². The van der Waals surface area contributed by atoms with E-state index in [1.165, 1.54) is 6.20 Å². The average Bonchev–Trinajstić information content (AvgIpc) is 3.49. The molecular weight excluding hydrogens is 437 g/mol. The minimum atomic E-state index is -4.51. The summed E-state index contributed by atoms with van der Waals surface area (Å²) in [6.07, 6.45) is -1.53. The number of benzene rings is 1. The standard InChI is InChI=1S/C22H19F3N6O2/c23-22(24,25)19-6-8-30(28-19)17-3-1-15(2-4-17)18(32)13-16-14-21(29-9-11-33-12-10-29)31-20(27-16)5-7-26-31/h1-8,14H,9-13H2. The Balaban J connectivity index is 1.36. The smallest absolute Gasteiger partial charge is 0.378 e. The zero-order valence-electron chi connectivity index (χ0n) is 17.4. The molecule has 33 heavy (non-hydrogen) atoms. The molecule has 0 amide bonds. The van der Waals surface area contributed by atoms with Crippen LogP contribution >= 0.6 is 0 Å². The zero-order chi connectivity index (χ0) is 23.0. The summed E-state index contributed by atoms with van der Waals surface area (Å²) in [6, 6.07) is 10.8. The fraction of sp³-hybridized carbons (Fsp3) is 0.273. The molecule has 0 unspecified atom stereocenters. The van der Waals surface area contributed by atoms with Crippen LogP contribution in [0, 0.1) is 0 Å². The third-order valence-electron chi connectivity index (χ3n) is 5.40. The van der Waals surface area contributed by atoms with E-state index in [4.69, 9.17) is 4.74 Å². The first kappa shape index (κ1) is 21.1. The van der Waals surface area contributed by atoms with Crippen LogP contribution in [0.4, 0.5) is 19.0 Å². The normalized spacial score (nSPS) is 14.7. The fourth-order valence-corrected chi connectivity index (χ4v) is 3.74. The SMILES string of the molecule is O=C(Cc1cc(N2CCOCC2)n2nccc2n1)c1ccc(-n2ccc(C(F)(F)F)n2)cc1. The van der Waals surface area contributed by atoms with Gasteiger partial charge in [-0.2, -0.15) is 27.9 Å². The number of ketones is 1. The van der Waals surface area contributed by atoms with Crippen LogP contribution in [0.1, 0.15) is 21.7 Å². The van der Waals surface area contributed by atoms with E-state index < -0.39 is 11.9 Å². The fourth-order valence-electron chi connectivity index (χ4n) is 3.74. The van der Waals surface area contributed by atoms with Gasteiger partial charge in [0.1, 0.15) is 5.82 Å². The van der Waals surface area contributed by atoms with Crippen molar-refractivity contribution in [3.63, 3.8) is 0 Å². The molecule has 1 aliphatic heterocycles. The first-order valence-corrected chi connectivity index (χ1v) is 10.3. The van der Waals surface area contributed by atoms with Gasteiger partial charge in [0.05, 0.1) is 37.2 Å². The van der Waals surface area contributed by atoms with Gasteiger partial charge in [0.2, 0.25) is 0 Å². The number of nitrogens with zero attached hydrogens (tertiary/aromatic N) is 6. The van der Waals surface area contributed by atoms with Crippen molar-refractivity contribution in [2.75, 3.05) is 31.2 Å². The minimum Gasteiger partial charge on any atom is -0.378 e. The highest BCUT2D eigenvalue weighted by atomic mass is 19.4. The predicted molar refractivity (Wildman–Crippen MR) is 113 cm³/mol. The Hall–Kier alpha value is -3.73. The Morgan fingerprint density at radius 1 is 1.06 bits per heavy atom. The van der Waals surface area contributed by atoms with Crippen LogP contribution in [-0.4, -0.2) is 56.5 Å². The second kappa shape index (κ2) is 8.32. The highest BCUT2D eigenvalue weighted by Crippen LogP contribution is 2.28. The van der Waals surface area contributed by atoms with Gasteiger partial charge in [-0.05, 0) is 30.3 Å². The number of alkyl halides is 3. The number of fused-ring (bicyclic) bond motifs is 1. The summed E-state index contributed by atoms with van der Waals surface area (Å²) in [7, 11) is 0. The van der Waals surface area contributed by atoms with E-state index in [-0.39, 0.29) is 12.2 Å². The molecule has 0 saturated carbocycles. The van der Waals surface area contributed by atoms with Crippen LogP contribution in [-0.2, 0) is 17.3 Å². The molecule has 0 atom stereocenters. The van der Waals surface area contributed by atoms with Crippen molar-refractivity contribution in [1.82, 2.24) is 24.4 Å². The lowest BCUT2D eigenvalue weighted by Crippen LogP contribution is -2.37. The zero-order valence-corrected chi connectivity index (χ0v) is 17.4. The summed E-state index contributed by atoms with van der Waals surface area (Å²) in [4.78, 5) is 19.6. The van der Waals surface area contributed by atoms with E-state index >= 15 is 0 Å². The second-order valence-corrected chi connectivity index (χ2v) is 7.60. The molecular formula is C22H19F3N6O2. The van der Waals surface area contributed by atoms with Gasteiger partial charge in [0.25, 0.3) is 0 Å². The molecule has 4 heterocycles. The van der Waals surface area contributed by atoms with Crippen molar-refractivity contribution in [3.05, 3.63) is 71.8 Å². The first-order chi connectivity index (χ1) is 15.9. The number of morpholine rings is 1. The van der Waals surface area contributed by atoms with Gasteiger partial charge >= 0.3 is 6.18 Å². The lowest BCUT2D eigenvalue weighted by Gasteiger charge is -2.29. The lowest BCUT2D eigenvalue weighted by atomic mass is 10.1. The maximum atomic E-state index is 12.9. The van der Waals surface area contributed by atoms with Crippen molar-refractivity contribution in [2.45, 2.75) is 12.6 Å². The number of Topliss-reactive ketones (excluding diaryl/α,β-unsaturated/α-hetero) is 1. The van der Waals surface area contributed by atoms with Crippen molar-refractivity contribution in [2.24, 2.45) is 0 Å². The van der Waals surface area contributed by atoms with E-state index in [0.717, 1.165) is 29.7 Å². The molecule has 0 spiro atoms. The molecule has 5 rings (SSSR count).